The van der Waals surface area contributed by atoms with Crippen LogP contribution >= 0.6 is 0 Å². The van der Waals surface area contributed by atoms with E-state index in [1.807, 2.05) is 0 Å². The van der Waals surface area contributed by atoms with Gasteiger partial charge in [0.1, 0.15) is 0 Å². The maximum absolute atomic E-state index is 2.43. The third kappa shape index (κ3) is 2.22. The van der Waals surface area contributed by atoms with Gasteiger partial charge in [-0.3, -0.25) is 0 Å². The van der Waals surface area contributed by atoms with Crippen molar-refractivity contribution >= 4 is 12.2 Å². The molecule has 0 saturated heterocycles. The van der Waals surface area contributed by atoms with E-state index in [-0.39, 0.29) is 0 Å². The monoisotopic (exact) mass is 336 g/mol. The SMILES string of the molecule is CC1=Cc2ccccc2C1CC1=C(C)C=C2C1=Cc1ccccc1[C@H]2C. The normalized spacial score (nSPS) is 23.1. The van der Waals surface area contributed by atoms with Crippen LogP contribution in [0, 0.1) is 0 Å². The summed E-state index contributed by atoms with van der Waals surface area (Å²) in [5.41, 5.74) is 13.2. The molecule has 0 fully saturated rings. The number of hydrogen-bond donors (Lipinski definition) is 0. The molecule has 128 valence electrons. The molecule has 5 rings (SSSR count). The Morgan fingerprint density at radius 1 is 0.769 bits per heavy atom. The van der Waals surface area contributed by atoms with Crippen LogP contribution in [0.25, 0.3) is 12.2 Å². The second-order valence-corrected chi connectivity index (χ2v) is 7.94. The fourth-order valence-electron chi connectivity index (χ4n) is 4.97. The predicted molar refractivity (Wildman–Crippen MR) is 111 cm³/mol. The lowest BCUT2D eigenvalue weighted by atomic mass is 9.78. The Bertz CT molecular complexity index is 1040. The van der Waals surface area contributed by atoms with Crippen molar-refractivity contribution in [2.24, 2.45) is 0 Å². The standard InChI is InChI=1S/C26H24/c1-16-12-19-8-5-7-11-22(19)23(16)15-24-17(2)13-25-18(3)21-10-6-4-9-20(21)14-26(24)25/h4-14,18,23H,15H2,1-3H3/t18-,23?/m1/s1. The van der Waals surface area contributed by atoms with Crippen LogP contribution in [-0.2, 0) is 0 Å². The van der Waals surface area contributed by atoms with E-state index in [1.54, 1.807) is 0 Å². The second kappa shape index (κ2) is 5.71. The maximum Gasteiger partial charge on any atom is 0.00953 e. The Morgan fingerprint density at radius 3 is 2.19 bits per heavy atom. The predicted octanol–water partition coefficient (Wildman–Crippen LogP) is 7.03. The van der Waals surface area contributed by atoms with E-state index >= 15 is 0 Å². The first-order valence-electron chi connectivity index (χ1n) is 9.63. The number of allylic oxidation sites excluding steroid dienone is 6. The molecule has 0 aliphatic heterocycles. The molecule has 2 aromatic rings. The third-order valence-electron chi connectivity index (χ3n) is 6.43. The molecule has 0 amide bonds. The summed E-state index contributed by atoms with van der Waals surface area (Å²) in [6.45, 7) is 6.93. The summed E-state index contributed by atoms with van der Waals surface area (Å²) >= 11 is 0. The first-order valence-corrected chi connectivity index (χ1v) is 9.63. The van der Waals surface area contributed by atoms with E-state index in [4.69, 9.17) is 0 Å². The van der Waals surface area contributed by atoms with Crippen LogP contribution in [0.2, 0.25) is 0 Å². The van der Waals surface area contributed by atoms with E-state index in [9.17, 15) is 0 Å². The molecule has 0 bridgehead atoms. The number of benzene rings is 2. The van der Waals surface area contributed by atoms with Gasteiger partial charge >= 0.3 is 0 Å². The Morgan fingerprint density at radius 2 is 1.42 bits per heavy atom. The van der Waals surface area contributed by atoms with E-state index in [0.717, 1.165) is 6.42 Å². The van der Waals surface area contributed by atoms with E-state index in [1.165, 1.54) is 50.1 Å². The van der Waals surface area contributed by atoms with Gasteiger partial charge in [0.15, 0.2) is 0 Å². The summed E-state index contributed by atoms with van der Waals surface area (Å²) in [5, 5.41) is 0. The summed E-state index contributed by atoms with van der Waals surface area (Å²) in [5.74, 6) is 0.989. The molecule has 3 aliphatic carbocycles. The molecule has 2 aromatic carbocycles. The van der Waals surface area contributed by atoms with Gasteiger partial charge in [0, 0.05) is 11.8 Å². The smallest absolute Gasteiger partial charge is 0.00953 e. The topological polar surface area (TPSA) is 0 Å². The Balaban J connectivity index is 1.55. The van der Waals surface area contributed by atoms with Gasteiger partial charge < -0.3 is 0 Å². The number of hydrogen-bond acceptors (Lipinski definition) is 0. The quantitative estimate of drug-likeness (QED) is 0.552. The second-order valence-electron chi connectivity index (χ2n) is 7.94. The van der Waals surface area contributed by atoms with Crippen molar-refractivity contribution in [3.8, 4) is 0 Å². The summed E-state index contributed by atoms with van der Waals surface area (Å²) in [6, 6.07) is 17.7. The van der Waals surface area contributed by atoms with Gasteiger partial charge in [-0.05, 0) is 70.9 Å². The van der Waals surface area contributed by atoms with Crippen LogP contribution < -0.4 is 0 Å². The lowest BCUT2D eigenvalue weighted by Gasteiger charge is -2.26. The average Bonchev–Trinajstić information content (AvgIpc) is 3.13. The molecule has 0 saturated carbocycles. The molecule has 0 N–H and O–H groups in total. The molecule has 0 heteroatoms. The minimum absolute atomic E-state index is 0.478. The number of rotatable bonds is 2. The van der Waals surface area contributed by atoms with Crippen molar-refractivity contribution in [2.45, 2.75) is 39.0 Å². The maximum atomic E-state index is 2.43. The Labute approximate surface area is 156 Å². The van der Waals surface area contributed by atoms with Crippen molar-refractivity contribution in [1.29, 1.82) is 0 Å². The fraction of sp³-hybridized carbons (Fsp3) is 0.231. The molecule has 0 aromatic heterocycles. The van der Waals surface area contributed by atoms with Gasteiger partial charge in [-0.1, -0.05) is 73.2 Å². The molecule has 26 heavy (non-hydrogen) atoms. The molecule has 0 nitrogen and oxygen atoms in total. The largest absolute Gasteiger partial charge is 0.0649 e. The van der Waals surface area contributed by atoms with Crippen molar-refractivity contribution in [2.75, 3.05) is 0 Å². The summed E-state index contributed by atoms with van der Waals surface area (Å²) in [6.07, 6.45) is 8.33. The lowest BCUT2D eigenvalue weighted by Crippen LogP contribution is -2.09. The van der Waals surface area contributed by atoms with Crippen molar-refractivity contribution in [1.82, 2.24) is 0 Å². The average molecular weight is 336 g/mol. The zero-order valence-corrected chi connectivity index (χ0v) is 15.7. The summed E-state index contributed by atoms with van der Waals surface area (Å²) in [4.78, 5) is 0. The molecule has 1 unspecified atom stereocenters. The van der Waals surface area contributed by atoms with Gasteiger partial charge in [0.25, 0.3) is 0 Å². The molecule has 0 spiro atoms. The van der Waals surface area contributed by atoms with Crippen molar-refractivity contribution in [3.63, 3.8) is 0 Å². The van der Waals surface area contributed by atoms with Gasteiger partial charge in [-0.2, -0.15) is 0 Å². The zero-order valence-electron chi connectivity index (χ0n) is 15.7. The Kier molecular flexibility index (Phi) is 3.43. The molecule has 0 radical (unpaired) electrons. The van der Waals surface area contributed by atoms with Crippen LogP contribution in [0.3, 0.4) is 0 Å². The van der Waals surface area contributed by atoms with Crippen LogP contribution in [0.15, 0.2) is 82.5 Å². The van der Waals surface area contributed by atoms with Crippen molar-refractivity contribution < 1.29 is 0 Å². The lowest BCUT2D eigenvalue weighted by molar-refractivity contribution is 0.794. The molecule has 3 aliphatic rings. The zero-order chi connectivity index (χ0) is 17.8. The molecule has 2 atom stereocenters. The number of fused-ring (bicyclic) bond motifs is 3. The first kappa shape index (κ1) is 15.6. The van der Waals surface area contributed by atoms with E-state index in [0.29, 0.717) is 11.8 Å². The first-order chi connectivity index (χ1) is 12.6. The fourth-order valence-corrected chi connectivity index (χ4v) is 4.97. The van der Waals surface area contributed by atoms with Gasteiger partial charge in [-0.15, -0.1) is 0 Å². The van der Waals surface area contributed by atoms with Crippen LogP contribution in [-0.4, -0.2) is 0 Å². The summed E-state index contributed by atoms with van der Waals surface area (Å²) in [7, 11) is 0. The third-order valence-corrected chi connectivity index (χ3v) is 6.43. The molecular weight excluding hydrogens is 312 g/mol. The molecule has 0 heterocycles. The highest BCUT2D eigenvalue weighted by molar-refractivity contribution is 5.78. The van der Waals surface area contributed by atoms with Crippen LogP contribution in [0.4, 0.5) is 0 Å². The van der Waals surface area contributed by atoms with E-state index in [2.05, 4.69) is 87.5 Å². The van der Waals surface area contributed by atoms with Crippen LogP contribution in [0.1, 0.15) is 61.3 Å². The highest BCUT2D eigenvalue weighted by Gasteiger charge is 2.32. The van der Waals surface area contributed by atoms with Crippen molar-refractivity contribution in [3.05, 3.63) is 105 Å². The highest BCUT2D eigenvalue weighted by atomic mass is 14.4. The molecular formula is C26H24. The van der Waals surface area contributed by atoms with Gasteiger partial charge in [0.2, 0.25) is 0 Å². The summed E-state index contributed by atoms with van der Waals surface area (Å²) < 4.78 is 0. The Hall–Kier alpha value is -2.60. The van der Waals surface area contributed by atoms with E-state index < -0.39 is 0 Å². The van der Waals surface area contributed by atoms with Gasteiger partial charge in [0.05, 0.1) is 0 Å². The highest BCUT2D eigenvalue weighted by Crippen LogP contribution is 2.49. The minimum atomic E-state index is 0.478. The van der Waals surface area contributed by atoms with Crippen LogP contribution in [0.5, 0.6) is 0 Å². The van der Waals surface area contributed by atoms with Gasteiger partial charge in [-0.25, -0.2) is 0 Å². The minimum Gasteiger partial charge on any atom is -0.0649 e.